The van der Waals surface area contributed by atoms with Crippen LogP contribution < -0.4 is 42.0 Å². The number of esters is 1. The van der Waals surface area contributed by atoms with Crippen LogP contribution in [0.2, 0.25) is 0 Å². The lowest BCUT2D eigenvalue weighted by molar-refractivity contribution is -0.384. The quantitative estimate of drug-likeness (QED) is 0.00455. The lowest BCUT2D eigenvalue weighted by Crippen LogP contribution is -2.36. The van der Waals surface area contributed by atoms with Crippen molar-refractivity contribution in [1.82, 2.24) is 37.2 Å². The molecule has 7 amide bonds. The van der Waals surface area contributed by atoms with Gasteiger partial charge >= 0.3 is 18.0 Å². The SMILES string of the molecule is C=C(O)c1ccc(C(=O)NC(C)C)cc1.CNC(=O)c1ccc(C(=O)CC(=O)CCCCC2SCC3NC(=O)NC32)cc1.CNC(=O)c1ccc(C(C)=O)cc1.O=C1NC2CSC(CCCCC(=O)Oc3ccc([N+](=O)[O-])cc3)C2N1. The van der Waals surface area contributed by atoms with Crippen LogP contribution in [0.1, 0.15) is 136 Å². The number of aliphatic hydroxyl groups excluding tert-OH is 1. The van der Waals surface area contributed by atoms with Crippen LogP contribution in [0.3, 0.4) is 0 Å². The van der Waals surface area contributed by atoms with E-state index in [1.807, 2.05) is 37.4 Å². The standard InChI is InChI=1S/C20H25N3O4S.C16H19N3O5S.C12H15NO2.C10H11NO2/c1-21-19(26)13-8-6-12(7-9-13)16(25)10-14(24)4-2-3-5-17-18-15(11-28-17)22-20(27)23-18;20-14(24-11-7-5-10(6-8-11)19(22)23)4-2-1-3-13-15-12(9-25-13)17-16(21)18-15;1-8(2)13-12(15)11-6-4-10(5-7-11)9(3)14;1-7(12)8-3-5-9(6-4-8)10(13)11-2/h6-9,15,17-18H,2-5,10-11H2,1H3,(H,21,26)(H2,22,23,27);5-8,12-13,15H,1-4,9H2,(H2,17,18,21);4-8,14H,3H2,1-2H3,(H,13,15);3-6H,1-2H3,(H,11,13). The molecule has 6 unspecified atom stereocenters. The second-order valence-electron chi connectivity index (χ2n) is 19.6. The van der Waals surface area contributed by atoms with Crippen LogP contribution in [0.4, 0.5) is 15.3 Å². The number of nitrogens with one attached hydrogen (secondary N) is 7. The van der Waals surface area contributed by atoms with E-state index in [1.165, 1.54) is 31.2 Å². The first kappa shape index (κ1) is 63.8. The number of carbonyl (C=O) groups excluding carboxylic acids is 9. The maximum Gasteiger partial charge on any atom is 0.315 e. The molecule has 21 nitrogen and oxygen atoms in total. The average molecular weight is 1150 g/mol. The van der Waals surface area contributed by atoms with E-state index in [-0.39, 0.29) is 101 Å². The van der Waals surface area contributed by atoms with E-state index in [1.54, 1.807) is 86.9 Å². The van der Waals surface area contributed by atoms with Crippen LogP contribution in [0.25, 0.3) is 5.76 Å². The van der Waals surface area contributed by atoms with Gasteiger partial charge in [-0.2, -0.15) is 23.5 Å². The number of thioether (sulfide) groups is 2. The summed E-state index contributed by atoms with van der Waals surface area (Å²) in [6, 6.07) is 25.7. The molecule has 8 rings (SSSR count). The number of rotatable bonds is 21. The molecule has 4 saturated heterocycles. The van der Waals surface area contributed by atoms with Crippen LogP contribution in [0, 0.1) is 10.1 Å². The summed E-state index contributed by atoms with van der Waals surface area (Å²) in [5.74, 6) is 1.08. The van der Waals surface area contributed by atoms with Crippen molar-refractivity contribution in [2.24, 2.45) is 0 Å². The van der Waals surface area contributed by atoms with Gasteiger partial charge in [-0.05, 0) is 95.0 Å². The van der Waals surface area contributed by atoms with Gasteiger partial charge in [-0.15, -0.1) is 0 Å². The molecule has 81 heavy (non-hydrogen) atoms. The highest BCUT2D eigenvalue weighted by Crippen LogP contribution is 2.34. The number of ketones is 3. The fourth-order valence-corrected chi connectivity index (χ4v) is 12.0. The summed E-state index contributed by atoms with van der Waals surface area (Å²) in [6.07, 6.45) is 5.71. The zero-order chi connectivity index (χ0) is 59.2. The Kier molecular flexibility index (Phi) is 24.9. The molecule has 0 spiro atoms. The zero-order valence-electron chi connectivity index (χ0n) is 45.9. The number of hydrogen-bond acceptors (Lipinski definition) is 15. The second-order valence-corrected chi connectivity index (χ2v) is 22.2. The van der Waals surface area contributed by atoms with E-state index in [4.69, 9.17) is 9.84 Å². The maximum atomic E-state index is 12.2. The molecule has 432 valence electrons. The van der Waals surface area contributed by atoms with Gasteiger partial charge in [0, 0.05) is 100 Å². The van der Waals surface area contributed by atoms with E-state index in [2.05, 4.69) is 43.8 Å². The summed E-state index contributed by atoms with van der Waals surface area (Å²) in [5.41, 5.74) is 3.26. The Morgan fingerprint density at radius 1 is 0.642 bits per heavy atom. The third-order valence-electron chi connectivity index (χ3n) is 13.2. The average Bonchev–Trinajstić information content (AvgIpc) is 4.46. The molecule has 0 bridgehead atoms. The number of aliphatic hydroxyl groups is 1. The minimum absolute atomic E-state index is 0.00320. The van der Waals surface area contributed by atoms with Crippen LogP contribution in [0.5, 0.6) is 5.75 Å². The van der Waals surface area contributed by atoms with Gasteiger partial charge in [0.15, 0.2) is 11.6 Å². The third-order valence-corrected chi connectivity index (χ3v) is 16.2. The molecule has 6 atom stereocenters. The molecule has 8 N–H and O–H groups in total. The van der Waals surface area contributed by atoms with Gasteiger partial charge in [-0.25, -0.2) is 9.59 Å². The second kappa shape index (κ2) is 31.7. The zero-order valence-corrected chi connectivity index (χ0v) is 47.5. The highest BCUT2D eigenvalue weighted by atomic mass is 32.2. The van der Waals surface area contributed by atoms with Crippen molar-refractivity contribution in [2.75, 3.05) is 25.6 Å². The minimum atomic E-state index is -0.501. The monoisotopic (exact) mass is 1150 g/mol. The summed E-state index contributed by atoms with van der Waals surface area (Å²) in [7, 11) is 3.12. The van der Waals surface area contributed by atoms with Crippen molar-refractivity contribution in [2.45, 2.75) is 119 Å². The molecule has 0 radical (unpaired) electrons. The van der Waals surface area contributed by atoms with Gasteiger partial charge in [0.05, 0.1) is 35.5 Å². The topological polar surface area (TPSA) is 310 Å². The van der Waals surface area contributed by atoms with Crippen molar-refractivity contribution in [1.29, 1.82) is 0 Å². The van der Waals surface area contributed by atoms with E-state index in [9.17, 15) is 53.3 Å². The Hall–Kier alpha value is -8.05. The molecule has 23 heteroatoms. The molecule has 4 fully saturated rings. The molecule has 4 aliphatic rings. The number of urea groups is 2. The van der Waals surface area contributed by atoms with Gasteiger partial charge in [-0.3, -0.25) is 43.7 Å². The Labute approximate surface area is 478 Å². The molecule has 0 aliphatic carbocycles. The highest BCUT2D eigenvalue weighted by molar-refractivity contribution is 8.00. The molecular weight excluding hydrogens is 1080 g/mol. The normalized spacial score (nSPS) is 18.8. The molecular formula is C58H70N8O13S2. The lowest BCUT2D eigenvalue weighted by atomic mass is 9.99. The smallest absolute Gasteiger partial charge is 0.315 e. The predicted molar refractivity (Wildman–Crippen MR) is 311 cm³/mol. The van der Waals surface area contributed by atoms with Crippen LogP contribution >= 0.6 is 23.5 Å². The van der Waals surface area contributed by atoms with Crippen molar-refractivity contribution in [3.05, 3.63) is 147 Å². The van der Waals surface area contributed by atoms with Crippen molar-refractivity contribution in [3.8, 4) is 5.75 Å². The Morgan fingerprint density at radius 3 is 1.51 bits per heavy atom. The summed E-state index contributed by atoms with van der Waals surface area (Å²) < 4.78 is 5.17. The highest BCUT2D eigenvalue weighted by Gasteiger charge is 2.43. The number of benzene rings is 4. The van der Waals surface area contributed by atoms with Crippen LogP contribution in [-0.4, -0.2) is 129 Å². The number of nitrogens with zero attached hydrogens (tertiary/aromatic N) is 1. The number of nitro benzene ring substituents is 1. The van der Waals surface area contributed by atoms with Gasteiger partial charge in [-0.1, -0.05) is 55.8 Å². The molecule has 4 aliphatic heterocycles. The van der Waals surface area contributed by atoms with E-state index >= 15 is 0 Å². The molecule has 4 aromatic rings. The maximum absolute atomic E-state index is 12.2. The fraction of sp³-hybridized carbons (Fsp3) is 0.397. The van der Waals surface area contributed by atoms with Crippen LogP contribution in [0.15, 0.2) is 104 Å². The molecule has 4 heterocycles. The summed E-state index contributed by atoms with van der Waals surface area (Å²) >= 11 is 3.72. The number of carbonyl (C=O) groups is 9. The number of unbranched alkanes of at least 4 members (excludes halogenated alkanes) is 2. The van der Waals surface area contributed by atoms with Crippen molar-refractivity contribution in [3.63, 3.8) is 0 Å². The summed E-state index contributed by atoms with van der Waals surface area (Å²) in [6.45, 7) is 8.71. The number of amides is 7. The Morgan fingerprint density at radius 2 is 1.07 bits per heavy atom. The molecule has 0 saturated carbocycles. The largest absolute Gasteiger partial charge is 0.508 e. The summed E-state index contributed by atoms with van der Waals surface area (Å²) in [5, 5.41) is 40.0. The number of ether oxygens (including phenoxy) is 1. The third kappa shape index (κ3) is 20.2. The first-order chi connectivity index (χ1) is 38.6. The van der Waals surface area contributed by atoms with Gasteiger partial charge in [0.2, 0.25) is 0 Å². The molecule has 4 aromatic carbocycles. The number of hydrogen-bond donors (Lipinski definition) is 8. The summed E-state index contributed by atoms with van der Waals surface area (Å²) in [4.78, 5) is 114. The van der Waals surface area contributed by atoms with Crippen molar-refractivity contribution < 1.29 is 57.9 Å². The Bertz CT molecular complexity index is 2890. The minimum Gasteiger partial charge on any atom is -0.508 e. The fourth-order valence-electron chi connectivity index (χ4n) is 8.87. The van der Waals surface area contributed by atoms with Crippen molar-refractivity contribution >= 4 is 88.1 Å². The first-order valence-corrected chi connectivity index (χ1v) is 28.6. The number of non-ortho nitro benzene ring substituents is 1. The number of Topliss-reactive ketones (excluding diaryl/α,β-unsaturated/α-hetero) is 3. The number of nitro groups is 1. The van der Waals surface area contributed by atoms with Gasteiger partial charge in [0.1, 0.15) is 17.3 Å². The van der Waals surface area contributed by atoms with E-state index < -0.39 is 4.92 Å². The Balaban J connectivity index is 0.000000208. The van der Waals surface area contributed by atoms with E-state index in [0.717, 1.165) is 43.6 Å². The first-order valence-electron chi connectivity index (χ1n) is 26.5. The van der Waals surface area contributed by atoms with Gasteiger partial charge < -0.3 is 47.1 Å². The van der Waals surface area contributed by atoms with Crippen LogP contribution in [-0.2, 0) is 9.59 Å². The number of fused-ring (bicyclic) bond motifs is 2. The lowest BCUT2D eigenvalue weighted by Gasteiger charge is -2.16. The predicted octanol–water partition coefficient (Wildman–Crippen LogP) is 7.74. The molecule has 0 aromatic heterocycles. The van der Waals surface area contributed by atoms with Gasteiger partial charge in [0.25, 0.3) is 23.4 Å². The van der Waals surface area contributed by atoms with E-state index in [0.29, 0.717) is 68.9 Å².